The maximum absolute atomic E-state index is 12.5. The van der Waals surface area contributed by atoms with E-state index in [0.29, 0.717) is 13.2 Å². The van der Waals surface area contributed by atoms with Gasteiger partial charge in [-0.3, -0.25) is 4.90 Å². The quantitative estimate of drug-likeness (QED) is 0.892. The summed E-state index contributed by atoms with van der Waals surface area (Å²) >= 11 is 11.9. The van der Waals surface area contributed by atoms with Gasteiger partial charge in [-0.25, -0.2) is 13.1 Å². The minimum Gasteiger partial charge on any atom is -0.376 e. The molecule has 0 aliphatic carbocycles. The molecule has 0 bridgehead atoms. The lowest BCUT2D eigenvalue weighted by molar-refractivity contribution is -0.0390. The molecule has 0 unspecified atom stereocenters. The molecule has 122 valence electrons. The van der Waals surface area contributed by atoms with Crippen LogP contribution in [0.3, 0.4) is 0 Å². The predicted molar refractivity (Wildman–Crippen MR) is 86.0 cm³/mol. The number of halogens is 2. The topological polar surface area (TPSA) is 58.6 Å². The summed E-state index contributed by atoms with van der Waals surface area (Å²) in [6.45, 7) is 4.20. The molecule has 1 aromatic rings. The molecule has 5 nitrogen and oxygen atoms in total. The van der Waals surface area contributed by atoms with Crippen LogP contribution < -0.4 is 4.72 Å². The van der Waals surface area contributed by atoms with Crippen molar-refractivity contribution >= 4 is 33.2 Å². The van der Waals surface area contributed by atoms with Crippen LogP contribution in [-0.4, -0.2) is 51.2 Å². The molecule has 2 fully saturated rings. The second kappa shape index (κ2) is 6.26. The van der Waals surface area contributed by atoms with Crippen LogP contribution in [0.1, 0.15) is 13.3 Å². The molecule has 2 heterocycles. The summed E-state index contributed by atoms with van der Waals surface area (Å²) in [5.74, 6) is 0. The fraction of sp³-hybridized carbons (Fsp3) is 0.571. The number of fused-ring (bicyclic) bond motifs is 1. The van der Waals surface area contributed by atoms with Gasteiger partial charge in [0.15, 0.2) is 0 Å². The molecule has 0 spiro atoms. The molecule has 1 N–H and O–H groups in total. The molecule has 3 rings (SSSR count). The Hall–Kier alpha value is -0.370. The third-order valence-corrected chi connectivity index (χ3v) is 6.61. The van der Waals surface area contributed by atoms with Crippen molar-refractivity contribution in [2.45, 2.75) is 36.4 Å². The highest BCUT2D eigenvalue weighted by molar-refractivity contribution is 7.89. The third kappa shape index (κ3) is 3.27. The van der Waals surface area contributed by atoms with Gasteiger partial charge in [-0.1, -0.05) is 29.3 Å². The number of nitrogens with one attached hydrogen (secondary N) is 1. The summed E-state index contributed by atoms with van der Waals surface area (Å²) in [5.41, 5.74) is 0. The highest BCUT2D eigenvalue weighted by Crippen LogP contribution is 2.30. The van der Waals surface area contributed by atoms with Gasteiger partial charge in [0.05, 0.1) is 22.8 Å². The molecule has 3 atom stereocenters. The van der Waals surface area contributed by atoms with Crippen molar-refractivity contribution in [1.82, 2.24) is 9.62 Å². The Labute approximate surface area is 140 Å². The summed E-state index contributed by atoms with van der Waals surface area (Å²) in [6, 6.07) is 4.75. The monoisotopic (exact) mass is 364 g/mol. The van der Waals surface area contributed by atoms with Crippen molar-refractivity contribution in [1.29, 1.82) is 0 Å². The molecule has 8 heteroatoms. The van der Waals surface area contributed by atoms with Crippen LogP contribution in [0.2, 0.25) is 10.0 Å². The number of benzene rings is 1. The first-order chi connectivity index (χ1) is 10.4. The summed E-state index contributed by atoms with van der Waals surface area (Å²) < 4.78 is 33.4. The molecule has 22 heavy (non-hydrogen) atoms. The van der Waals surface area contributed by atoms with E-state index in [-0.39, 0.29) is 33.1 Å². The first-order valence-electron chi connectivity index (χ1n) is 7.19. The average molecular weight is 365 g/mol. The van der Waals surface area contributed by atoms with Crippen LogP contribution in [0.4, 0.5) is 0 Å². The molecule has 0 saturated carbocycles. The van der Waals surface area contributed by atoms with Crippen molar-refractivity contribution in [3.8, 4) is 0 Å². The number of hydrogen-bond donors (Lipinski definition) is 1. The van der Waals surface area contributed by atoms with Crippen molar-refractivity contribution in [3.05, 3.63) is 28.2 Å². The predicted octanol–water partition coefficient (Wildman–Crippen LogP) is 2.13. The molecule has 0 radical (unpaired) electrons. The third-order valence-electron chi connectivity index (χ3n) is 4.12. The van der Waals surface area contributed by atoms with Gasteiger partial charge in [-0.05, 0) is 25.5 Å². The van der Waals surface area contributed by atoms with Crippen molar-refractivity contribution in [2.24, 2.45) is 0 Å². The lowest BCUT2D eigenvalue weighted by Gasteiger charge is -2.33. The molecule has 0 amide bonds. The van der Waals surface area contributed by atoms with E-state index in [2.05, 4.69) is 9.62 Å². The molecule has 2 aliphatic rings. The van der Waals surface area contributed by atoms with Crippen LogP contribution in [-0.2, 0) is 14.8 Å². The summed E-state index contributed by atoms with van der Waals surface area (Å²) in [4.78, 5) is 2.30. The van der Waals surface area contributed by atoms with Crippen molar-refractivity contribution < 1.29 is 13.2 Å². The fourth-order valence-electron chi connectivity index (χ4n) is 3.10. The zero-order valence-electron chi connectivity index (χ0n) is 12.1. The maximum Gasteiger partial charge on any atom is 0.242 e. The second-order valence-corrected chi connectivity index (χ2v) is 8.33. The number of sulfonamides is 1. The lowest BCUT2D eigenvalue weighted by atomic mass is 10.2. The lowest BCUT2D eigenvalue weighted by Crippen LogP contribution is -2.45. The van der Waals surface area contributed by atoms with Crippen LogP contribution in [0, 0.1) is 0 Å². The molecule has 1 aromatic carbocycles. The van der Waals surface area contributed by atoms with Gasteiger partial charge in [-0.15, -0.1) is 0 Å². The highest BCUT2D eigenvalue weighted by atomic mass is 35.5. The second-order valence-electron chi connectivity index (χ2n) is 5.86. The number of ether oxygens (including phenoxy) is 1. The maximum atomic E-state index is 12.5. The van der Waals surface area contributed by atoms with Crippen molar-refractivity contribution in [3.63, 3.8) is 0 Å². The number of nitrogens with zero attached hydrogens (tertiary/aromatic N) is 1. The summed E-state index contributed by atoms with van der Waals surface area (Å²) in [5, 5.41) is 0.292. The molecular weight excluding hydrogens is 347 g/mol. The molecule has 0 aromatic heterocycles. The largest absolute Gasteiger partial charge is 0.376 e. The van der Waals surface area contributed by atoms with E-state index in [1.54, 1.807) is 12.1 Å². The summed E-state index contributed by atoms with van der Waals surface area (Å²) in [6.07, 6.45) is 0.929. The zero-order valence-corrected chi connectivity index (χ0v) is 14.5. The standard InChI is InChI=1S/C14H18Cl2N2O3S/c1-9-6-18-7-10(5-11(18)8-21-9)17-22(19,20)13-4-2-3-12(15)14(13)16/h2-4,9-11,17H,5-8H2,1H3/t9-,10+,11+/m1/s1. The normalized spacial score (nSPS) is 29.5. The van der Waals surface area contributed by atoms with Crippen molar-refractivity contribution in [2.75, 3.05) is 19.7 Å². The van der Waals surface area contributed by atoms with Crippen LogP contribution in [0.25, 0.3) is 0 Å². The SMILES string of the molecule is C[C@@H]1CN2C[C@@H](NS(=O)(=O)c3cccc(Cl)c3Cl)C[C@H]2CO1. The first kappa shape index (κ1) is 16.5. The van der Waals surface area contributed by atoms with E-state index in [9.17, 15) is 8.42 Å². The van der Waals surface area contributed by atoms with Gasteiger partial charge < -0.3 is 4.74 Å². The van der Waals surface area contributed by atoms with E-state index in [1.165, 1.54) is 6.07 Å². The van der Waals surface area contributed by atoms with E-state index >= 15 is 0 Å². The van der Waals surface area contributed by atoms with Crippen LogP contribution >= 0.6 is 23.2 Å². The summed E-state index contributed by atoms with van der Waals surface area (Å²) in [7, 11) is -3.69. The Morgan fingerprint density at radius 1 is 1.32 bits per heavy atom. The Morgan fingerprint density at radius 2 is 2.09 bits per heavy atom. The minimum atomic E-state index is -3.69. The Balaban J connectivity index is 1.74. The number of rotatable bonds is 3. The Kier molecular flexibility index (Phi) is 4.69. The smallest absolute Gasteiger partial charge is 0.242 e. The minimum absolute atomic E-state index is 0.0242. The Morgan fingerprint density at radius 3 is 2.86 bits per heavy atom. The van der Waals surface area contributed by atoms with E-state index in [0.717, 1.165) is 13.0 Å². The first-order valence-corrected chi connectivity index (χ1v) is 9.42. The fourth-order valence-corrected chi connectivity index (χ4v) is 5.10. The van der Waals surface area contributed by atoms with Crippen LogP contribution in [0.15, 0.2) is 23.1 Å². The molecule has 2 saturated heterocycles. The van der Waals surface area contributed by atoms with Gasteiger partial charge in [0, 0.05) is 25.2 Å². The van der Waals surface area contributed by atoms with Crippen LogP contribution in [0.5, 0.6) is 0 Å². The average Bonchev–Trinajstić information content (AvgIpc) is 2.82. The molecule has 2 aliphatic heterocycles. The van der Waals surface area contributed by atoms with Gasteiger partial charge in [0.1, 0.15) is 4.90 Å². The Bertz CT molecular complexity index is 668. The van der Waals surface area contributed by atoms with E-state index in [1.807, 2.05) is 6.92 Å². The van der Waals surface area contributed by atoms with E-state index in [4.69, 9.17) is 27.9 Å². The number of hydrogen-bond acceptors (Lipinski definition) is 4. The molecular formula is C14H18Cl2N2O3S. The number of morpholine rings is 1. The van der Waals surface area contributed by atoms with Gasteiger partial charge >= 0.3 is 0 Å². The highest BCUT2D eigenvalue weighted by Gasteiger charge is 2.38. The zero-order chi connectivity index (χ0) is 15.9. The van der Waals surface area contributed by atoms with Gasteiger partial charge in [0.25, 0.3) is 0 Å². The van der Waals surface area contributed by atoms with Gasteiger partial charge in [0.2, 0.25) is 10.0 Å². The van der Waals surface area contributed by atoms with Gasteiger partial charge in [-0.2, -0.15) is 0 Å². The van der Waals surface area contributed by atoms with E-state index < -0.39 is 10.0 Å².